The van der Waals surface area contributed by atoms with E-state index < -0.39 is 0 Å². The quantitative estimate of drug-likeness (QED) is 0.884. The molecule has 1 aromatic carbocycles. The second-order valence-electron chi connectivity index (χ2n) is 4.50. The minimum atomic E-state index is -0.265. The number of rotatable bonds is 5. The Morgan fingerprint density at radius 2 is 2.16 bits per heavy atom. The summed E-state index contributed by atoms with van der Waals surface area (Å²) in [7, 11) is 3.96. The number of nitrogens with two attached hydrogens (primary N) is 1. The van der Waals surface area contributed by atoms with Crippen LogP contribution in [0, 0.1) is 0 Å². The molecular formula is C13H18N4O2. The first-order chi connectivity index (χ1) is 9.06. The van der Waals surface area contributed by atoms with Crippen LogP contribution in [0.1, 0.15) is 24.7 Å². The maximum Gasteiger partial charge on any atom is 0.253 e. The average Bonchev–Trinajstić information content (AvgIpc) is 2.85. The molecule has 0 radical (unpaired) electrons. The Morgan fingerprint density at radius 3 is 2.79 bits per heavy atom. The van der Waals surface area contributed by atoms with Crippen LogP contribution in [0.25, 0.3) is 0 Å². The summed E-state index contributed by atoms with van der Waals surface area (Å²) < 4.78 is 11.0. The Hall–Kier alpha value is -2.08. The fourth-order valence-corrected chi connectivity index (χ4v) is 1.51. The predicted molar refractivity (Wildman–Crippen MR) is 72.0 cm³/mol. The number of ether oxygens (including phenoxy) is 1. The standard InChI is InChI=1S/C13H18N4O2/c1-9(14)13-16-15-12(19-13)8-18-11-6-4-5-10(7-11)17(2)3/h4-7,9H,8,14H2,1-3H3. The van der Waals surface area contributed by atoms with E-state index in [1.54, 1.807) is 6.92 Å². The van der Waals surface area contributed by atoms with Crippen LogP contribution in [0.2, 0.25) is 0 Å². The average molecular weight is 262 g/mol. The minimum Gasteiger partial charge on any atom is -0.484 e. The summed E-state index contributed by atoms with van der Waals surface area (Å²) in [6.07, 6.45) is 0. The van der Waals surface area contributed by atoms with Gasteiger partial charge in [-0.05, 0) is 19.1 Å². The molecule has 19 heavy (non-hydrogen) atoms. The summed E-state index contributed by atoms with van der Waals surface area (Å²) in [5.74, 6) is 1.59. The minimum absolute atomic E-state index is 0.233. The molecule has 1 atom stereocenters. The zero-order valence-corrected chi connectivity index (χ0v) is 11.3. The monoisotopic (exact) mass is 262 g/mol. The van der Waals surface area contributed by atoms with E-state index in [-0.39, 0.29) is 12.6 Å². The molecule has 6 heteroatoms. The molecule has 1 unspecified atom stereocenters. The van der Waals surface area contributed by atoms with Gasteiger partial charge < -0.3 is 19.8 Å². The fourth-order valence-electron chi connectivity index (χ4n) is 1.51. The summed E-state index contributed by atoms with van der Waals surface area (Å²) in [4.78, 5) is 2.01. The Morgan fingerprint density at radius 1 is 1.37 bits per heavy atom. The van der Waals surface area contributed by atoms with Gasteiger partial charge >= 0.3 is 0 Å². The van der Waals surface area contributed by atoms with E-state index in [4.69, 9.17) is 14.9 Å². The number of nitrogens with zero attached hydrogens (tertiary/aromatic N) is 3. The second-order valence-corrected chi connectivity index (χ2v) is 4.50. The second kappa shape index (κ2) is 5.71. The highest BCUT2D eigenvalue weighted by molar-refractivity contribution is 5.49. The number of hydrogen-bond donors (Lipinski definition) is 1. The summed E-state index contributed by atoms with van der Waals surface area (Å²) in [6.45, 7) is 2.02. The summed E-state index contributed by atoms with van der Waals surface area (Å²) in [6, 6.07) is 7.51. The molecule has 6 nitrogen and oxygen atoms in total. The zero-order valence-electron chi connectivity index (χ0n) is 11.3. The van der Waals surface area contributed by atoms with Crippen LogP contribution in [0.5, 0.6) is 5.75 Å². The number of hydrogen-bond acceptors (Lipinski definition) is 6. The van der Waals surface area contributed by atoms with Crippen LogP contribution in [-0.4, -0.2) is 24.3 Å². The Balaban J connectivity index is 1.99. The molecule has 0 amide bonds. The Bertz CT molecular complexity index is 537. The fraction of sp³-hybridized carbons (Fsp3) is 0.385. The third-order valence-corrected chi connectivity index (χ3v) is 2.57. The van der Waals surface area contributed by atoms with E-state index >= 15 is 0 Å². The van der Waals surface area contributed by atoms with Gasteiger partial charge in [0.2, 0.25) is 5.89 Å². The molecule has 0 aliphatic heterocycles. The SMILES string of the molecule is CC(N)c1nnc(COc2cccc(N(C)C)c2)o1. The lowest BCUT2D eigenvalue weighted by molar-refractivity contribution is 0.257. The number of anilines is 1. The van der Waals surface area contributed by atoms with E-state index in [0.29, 0.717) is 11.8 Å². The zero-order chi connectivity index (χ0) is 13.8. The van der Waals surface area contributed by atoms with E-state index in [0.717, 1.165) is 11.4 Å². The van der Waals surface area contributed by atoms with Gasteiger partial charge in [0.05, 0.1) is 6.04 Å². The van der Waals surface area contributed by atoms with Crippen molar-refractivity contribution in [1.29, 1.82) is 0 Å². The number of benzene rings is 1. The largest absolute Gasteiger partial charge is 0.484 e. The molecule has 1 aromatic heterocycles. The lowest BCUT2D eigenvalue weighted by Gasteiger charge is -2.13. The van der Waals surface area contributed by atoms with Crippen molar-refractivity contribution >= 4 is 5.69 Å². The highest BCUT2D eigenvalue weighted by Crippen LogP contribution is 2.20. The maximum atomic E-state index is 5.64. The third kappa shape index (κ3) is 3.45. The highest BCUT2D eigenvalue weighted by Gasteiger charge is 2.10. The Labute approximate surface area is 112 Å². The van der Waals surface area contributed by atoms with Gasteiger partial charge in [-0.3, -0.25) is 0 Å². The van der Waals surface area contributed by atoms with Gasteiger partial charge in [-0.25, -0.2) is 0 Å². The molecule has 0 fully saturated rings. The topological polar surface area (TPSA) is 77.4 Å². The van der Waals surface area contributed by atoms with E-state index in [2.05, 4.69) is 10.2 Å². The van der Waals surface area contributed by atoms with E-state index in [9.17, 15) is 0 Å². The van der Waals surface area contributed by atoms with Crippen LogP contribution < -0.4 is 15.4 Å². The van der Waals surface area contributed by atoms with Crippen LogP contribution >= 0.6 is 0 Å². The lowest BCUT2D eigenvalue weighted by Crippen LogP contribution is -2.08. The number of aromatic nitrogens is 2. The van der Waals surface area contributed by atoms with Gasteiger partial charge in [0.25, 0.3) is 5.89 Å². The van der Waals surface area contributed by atoms with E-state index in [1.807, 2.05) is 43.3 Å². The van der Waals surface area contributed by atoms with Crippen molar-refractivity contribution in [2.45, 2.75) is 19.6 Å². The first kappa shape index (κ1) is 13.4. The molecule has 0 aliphatic rings. The summed E-state index contributed by atoms with van der Waals surface area (Å²) in [5.41, 5.74) is 6.71. The van der Waals surface area contributed by atoms with Crippen molar-refractivity contribution in [3.05, 3.63) is 36.0 Å². The van der Waals surface area contributed by atoms with E-state index in [1.165, 1.54) is 0 Å². The van der Waals surface area contributed by atoms with Gasteiger partial charge in [-0.2, -0.15) is 0 Å². The predicted octanol–water partition coefficient (Wildman–Crippen LogP) is 1.73. The molecule has 1 heterocycles. The molecular weight excluding hydrogens is 244 g/mol. The summed E-state index contributed by atoms with van der Waals surface area (Å²) >= 11 is 0. The normalized spacial score (nSPS) is 12.2. The smallest absolute Gasteiger partial charge is 0.253 e. The molecule has 2 N–H and O–H groups in total. The van der Waals surface area contributed by atoms with Gasteiger partial charge in [-0.15, -0.1) is 10.2 Å². The lowest BCUT2D eigenvalue weighted by atomic mass is 10.3. The van der Waals surface area contributed by atoms with Gasteiger partial charge in [0.15, 0.2) is 6.61 Å². The first-order valence-electron chi connectivity index (χ1n) is 6.04. The van der Waals surface area contributed by atoms with Crippen molar-refractivity contribution in [2.75, 3.05) is 19.0 Å². The molecule has 2 aromatic rings. The summed E-state index contributed by atoms with van der Waals surface area (Å²) in [5, 5.41) is 7.72. The molecule has 0 saturated heterocycles. The Kier molecular flexibility index (Phi) is 4.01. The van der Waals surface area contributed by atoms with Crippen molar-refractivity contribution in [3.63, 3.8) is 0 Å². The van der Waals surface area contributed by atoms with Crippen LogP contribution in [-0.2, 0) is 6.61 Å². The molecule has 0 saturated carbocycles. The van der Waals surface area contributed by atoms with Crippen molar-refractivity contribution in [1.82, 2.24) is 10.2 Å². The van der Waals surface area contributed by atoms with Crippen LogP contribution in [0.15, 0.2) is 28.7 Å². The van der Waals surface area contributed by atoms with Gasteiger partial charge in [0.1, 0.15) is 5.75 Å². The van der Waals surface area contributed by atoms with Gasteiger partial charge in [0, 0.05) is 25.8 Å². The maximum absolute atomic E-state index is 5.64. The van der Waals surface area contributed by atoms with Gasteiger partial charge in [-0.1, -0.05) is 6.07 Å². The van der Waals surface area contributed by atoms with Crippen molar-refractivity contribution in [3.8, 4) is 5.75 Å². The first-order valence-corrected chi connectivity index (χ1v) is 6.04. The van der Waals surface area contributed by atoms with Crippen LogP contribution in [0.4, 0.5) is 5.69 Å². The molecule has 0 bridgehead atoms. The molecule has 2 rings (SSSR count). The molecule has 0 spiro atoms. The molecule has 102 valence electrons. The molecule has 0 aliphatic carbocycles. The van der Waals surface area contributed by atoms with Crippen molar-refractivity contribution in [2.24, 2.45) is 5.73 Å². The highest BCUT2D eigenvalue weighted by atomic mass is 16.5. The van der Waals surface area contributed by atoms with Crippen LogP contribution in [0.3, 0.4) is 0 Å². The third-order valence-electron chi connectivity index (χ3n) is 2.57. The van der Waals surface area contributed by atoms with Crippen molar-refractivity contribution < 1.29 is 9.15 Å².